The molecule has 2 rings (SSSR count). The van der Waals surface area contributed by atoms with E-state index in [2.05, 4.69) is 12.2 Å². The van der Waals surface area contributed by atoms with Crippen LogP contribution in [0.5, 0.6) is 0 Å². The molecule has 2 atom stereocenters. The van der Waals surface area contributed by atoms with Crippen molar-refractivity contribution in [3.63, 3.8) is 0 Å². The molecule has 2 N–H and O–H groups in total. The van der Waals surface area contributed by atoms with Crippen molar-refractivity contribution < 1.29 is 5.11 Å². The van der Waals surface area contributed by atoms with E-state index in [-0.39, 0.29) is 5.60 Å². The van der Waals surface area contributed by atoms with Gasteiger partial charge < -0.3 is 10.4 Å². The van der Waals surface area contributed by atoms with E-state index in [0.717, 1.165) is 19.3 Å². The van der Waals surface area contributed by atoms with Gasteiger partial charge in [-0.25, -0.2) is 0 Å². The van der Waals surface area contributed by atoms with Crippen LogP contribution in [-0.2, 0) is 0 Å². The van der Waals surface area contributed by atoms with Crippen LogP contribution in [0.3, 0.4) is 0 Å². The Labute approximate surface area is 119 Å². The molecular weight excluding hydrogens is 234 g/mol. The van der Waals surface area contributed by atoms with Gasteiger partial charge in [0.05, 0.1) is 5.60 Å². The van der Waals surface area contributed by atoms with Gasteiger partial charge in [0.25, 0.3) is 0 Å². The number of hydrogen-bond acceptors (Lipinski definition) is 2. The maximum atomic E-state index is 10.8. The summed E-state index contributed by atoms with van der Waals surface area (Å²) in [5.74, 6) is 0. The summed E-state index contributed by atoms with van der Waals surface area (Å²) in [6, 6.07) is 1.20. The molecule has 2 aliphatic heterocycles. The van der Waals surface area contributed by atoms with Gasteiger partial charge in [-0.05, 0) is 32.1 Å². The second kappa shape index (κ2) is 7.64. The fourth-order valence-corrected chi connectivity index (χ4v) is 4.05. The van der Waals surface area contributed by atoms with Crippen LogP contribution in [0.2, 0.25) is 0 Å². The van der Waals surface area contributed by atoms with Gasteiger partial charge >= 0.3 is 0 Å². The molecule has 0 spiro atoms. The Hall–Kier alpha value is -0.0800. The lowest BCUT2D eigenvalue weighted by Crippen LogP contribution is -2.55. The molecule has 0 radical (unpaired) electrons. The maximum absolute atomic E-state index is 10.8. The largest absolute Gasteiger partial charge is 0.390 e. The first-order valence-corrected chi connectivity index (χ1v) is 8.70. The van der Waals surface area contributed by atoms with Gasteiger partial charge in [0.15, 0.2) is 0 Å². The lowest BCUT2D eigenvalue weighted by molar-refractivity contribution is -0.0387. The summed E-state index contributed by atoms with van der Waals surface area (Å²) < 4.78 is 0. The fourth-order valence-electron chi connectivity index (χ4n) is 4.05. The molecule has 0 aliphatic carbocycles. The Kier molecular flexibility index (Phi) is 6.15. The number of rotatable bonds is 8. The maximum Gasteiger partial charge on any atom is 0.0677 e. The predicted octanol–water partition coefficient (Wildman–Crippen LogP) is 4.16. The van der Waals surface area contributed by atoms with Crippen molar-refractivity contribution in [1.82, 2.24) is 5.32 Å². The molecule has 0 amide bonds. The van der Waals surface area contributed by atoms with Crippen LogP contribution in [0.1, 0.15) is 90.4 Å². The Morgan fingerprint density at radius 1 is 0.947 bits per heavy atom. The highest BCUT2D eigenvalue weighted by Gasteiger charge is 2.39. The number of aliphatic hydroxyl groups is 1. The predicted molar refractivity (Wildman–Crippen MR) is 81.4 cm³/mol. The van der Waals surface area contributed by atoms with Crippen LogP contribution >= 0.6 is 0 Å². The van der Waals surface area contributed by atoms with Crippen LogP contribution in [0.15, 0.2) is 0 Å². The lowest BCUT2D eigenvalue weighted by atomic mass is 9.75. The molecule has 2 fully saturated rings. The van der Waals surface area contributed by atoms with Crippen molar-refractivity contribution in [2.45, 2.75) is 108 Å². The highest BCUT2D eigenvalue weighted by Crippen LogP contribution is 2.35. The van der Waals surface area contributed by atoms with Gasteiger partial charge in [-0.1, -0.05) is 58.3 Å². The highest BCUT2D eigenvalue weighted by atomic mass is 16.3. The Morgan fingerprint density at radius 3 is 2.16 bits per heavy atom. The first-order chi connectivity index (χ1) is 9.22. The van der Waals surface area contributed by atoms with E-state index in [1.165, 1.54) is 64.2 Å². The quantitative estimate of drug-likeness (QED) is 0.647. The molecule has 19 heavy (non-hydrogen) atoms. The molecule has 0 aromatic heterocycles. The minimum absolute atomic E-state index is 0.343. The fraction of sp³-hybridized carbons (Fsp3) is 1.00. The molecule has 2 heterocycles. The molecule has 0 aromatic carbocycles. The van der Waals surface area contributed by atoms with Crippen LogP contribution in [-0.4, -0.2) is 22.8 Å². The van der Waals surface area contributed by atoms with E-state index in [0.29, 0.717) is 12.1 Å². The summed E-state index contributed by atoms with van der Waals surface area (Å²) in [5, 5.41) is 14.5. The van der Waals surface area contributed by atoms with E-state index in [9.17, 15) is 5.11 Å². The Bertz CT molecular complexity index is 242. The molecule has 2 aliphatic rings. The van der Waals surface area contributed by atoms with Crippen LogP contribution in [0.4, 0.5) is 0 Å². The summed E-state index contributed by atoms with van der Waals surface area (Å²) in [4.78, 5) is 0. The summed E-state index contributed by atoms with van der Waals surface area (Å²) in [6.07, 6.45) is 16.3. The van der Waals surface area contributed by atoms with Crippen molar-refractivity contribution in [2.24, 2.45) is 0 Å². The minimum Gasteiger partial charge on any atom is -0.390 e. The van der Waals surface area contributed by atoms with Crippen molar-refractivity contribution in [1.29, 1.82) is 0 Å². The van der Waals surface area contributed by atoms with E-state index in [1.807, 2.05) is 0 Å². The number of hydrogen-bond donors (Lipinski definition) is 2. The lowest BCUT2D eigenvalue weighted by Gasteiger charge is -2.45. The highest BCUT2D eigenvalue weighted by molar-refractivity contribution is 4.97. The molecule has 2 bridgehead atoms. The first-order valence-electron chi connectivity index (χ1n) is 8.70. The molecular formula is C17H33NO. The molecule has 2 heteroatoms. The Morgan fingerprint density at radius 2 is 1.53 bits per heavy atom. The molecule has 2 nitrogen and oxygen atoms in total. The first kappa shape index (κ1) is 15.3. The Balaban J connectivity index is 1.59. The van der Waals surface area contributed by atoms with Gasteiger partial charge in [-0.2, -0.15) is 0 Å². The summed E-state index contributed by atoms with van der Waals surface area (Å²) >= 11 is 0. The van der Waals surface area contributed by atoms with E-state index in [4.69, 9.17) is 0 Å². The van der Waals surface area contributed by atoms with Crippen LogP contribution < -0.4 is 5.32 Å². The molecule has 0 aromatic rings. The van der Waals surface area contributed by atoms with E-state index >= 15 is 0 Å². The normalized spacial score (nSPS) is 34.4. The number of fused-ring (bicyclic) bond motifs is 2. The third kappa shape index (κ3) is 5.07. The smallest absolute Gasteiger partial charge is 0.0677 e. The number of piperidine rings is 2. The van der Waals surface area contributed by atoms with Gasteiger partial charge in [-0.15, -0.1) is 0 Å². The van der Waals surface area contributed by atoms with Crippen molar-refractivity contribution in [3.8, 4) is 0 Å². The molecule has 112 valence electrons. The monoisotopic (exact) mass is 267 g/mol. The summed E-state index contributed by atoms with van der Waals surface area (Å²) in [7, 11) is 0. The van der Waals surface area contributed by atoms with Crippen molar-refractivity contribution >= 4 is 0 Å². The van der Waals surface area contributed by atoms with Gasteiger partial charge in [0, 0.05) is 12.1 Å². The SMILES string of the molecule is CCCCCCCCCC1(O)CC2CCCC(C1)N2. The molecule has 0 saturated carbocycles. The van der Waals surface area contributed by atoms with Gasteiger partial charge in [0.2, 0.25) is 0 Å². The second-order valence-electron chi connectivity index (χ2n) is 7.00. The summed E-state index contributed by atoms with van der Waals surface area (Å²) in [5.41, 5.74) is -0.343. The zero-order valence-electron chi connectivity index (χ0n) is 12.8. The zero-order valence-corrected chi connectivity index (χ0v) is 12.8. The van der Waals surface area contributed by atoms with E-state index < -0.39 is 0 Å². The molecule has 2 saturated heterocycles. The minimum atomic E-state index is -0.343. The van der Waals surface area contributed by atoms with Gasteiger partial charge in [-0.3, -0.25) is 0 Å². The number of nitrogens with one attached hydrogen (secondary N) is 1. The summed E-state index contributed by atoms with van der Waals surface area (Å²) in [6.45, 7) is 2.27. The third-order valence-corrected chi connectivity index (χ3v) is 5.07. The van der Waals surface area contributed by atoms with Crippen molar-refractivity contribution in [2.75, 3.05) is 0 Å². The number of unbranched alkanes of at least 4 members (excludes halogenated alkanes) is 6. The topological polar surface area (TPSA) is 32.3 Å². The zero-order chi connectivity index (χ0) is 13.6. The average molecular weight is 267 g/mol. The molecule has 2 unspecified atom stereocenters. The standard InChI is InChI=1S/C17H33NO/c1-2-3-4-5-6-7-8-12-17(19)13-15-10-9-11-16(14-17)18-15/h15-16,18-19H,2-14H2,1H3. The third-order valence-electron chi connectivity index (χ3n) is 5.07. The van der Waals surface area contributed by atoms with Crippen LogP contribution in [0, 0.1) is 0 Å². The van der Waals surface area contributed by atoms with Crippen LogP contribution in [0.25, 0.3) is 0 Å². The van der Waals surface area contributed by atoms with Crippen molar-refractivity contribution in [3.05, 3.63) is 0 Å². The average Bonchev–Trinajstić information content (AvgIpc) is 2.37. The van der Waals surface area contributed by atoms with Gasteiger partial charge in [0.1, 0.15) is 0 Å². The van der Waals surface area contributed by atoms with E-state index in [1.54, 1.807) is 0 Å². The second-order valence-corrected chi connectivity index (χ2v) is 7.00.